The van der Waals surface area contributed by atoms with E-state index in [0.29, 0.717) is 12.1 Å². The Morgan fingerprint density at radius 3 is 2.93 bits per heavy atom. The Morgan fingerprint density at radius 2 is 2.36 bits per heavy atom. The molecule has 4 heteroatoms. The number of ether oxygens (including phenoxy) is 1. The first-order valence-corrected chi connectivity index (χ1v) is 5.81. The van der Waals surface area contributed by atoms with E-state index in [1.165, 1.54) is 12.8 Å². The Hall–Kier alpha value is -0.350. The first kappa shape index (κ1) is 11.7. The van der Waals surface area contributed by atoms with Crippen LogP contribution < -0.4 is 10.6 Å². The van der Waals surface area contributed by atoms with Gasteiger partial charge in [0.25, 0.3) is 0 Å². The van der Waals surface area contributed by atoms with Gasteiger partial charge in [0.15, 0.2) is 5.11 Å². The minimum absolute atomic E-state index is 0.307. The Balaban J connectivity index is 2.25. The highest BCUT2D eigenvalue weighted by molar-refractivity contribution is 7.80. The molecule has 0 saturated carbocycles. The van der Waals surface area contributed by atoms with Gasteiger partial charge in [0.05, 0.1) is 12.1 Å². The van der Waals surface area contributed by atoms with Crippen molar-refractivity contribution in [2.75, 3.05) is 13.2 Å². The van der Waals surface area contributed by atoms with Gasteiger partial charge < -0.3 is 15.4 Å². The van der Waals surface area contributed by atoms with Gasteiger partial charge in [-0.2, -0.15) is 0 Å². The quantitative estimate of drug-likeness (QED) is 0.699. The maximum Gasteiger partial charge on any atom is 0.166 e. The molecule has 82 valence electrons. The number of rotatable bonds is 3. The van der Waals surface area contributed by atoms with E-state index in [9.17, 15) is 0 Å². The summed E-state index contributed by atoms with van der Waals surface area (Å²) in [6, 6.07) is 0.307. The van der Waals surface area contributed by atoms with E-state index >= 15 is 0 Å². The molecule has 3 nitrogen and oxygen atoms in total. The van der Waals surface area contributed by atoms with Crippen molar-refractivity contribution >= 4 is 17.3 Å². The molecule has 0 aliphatic carbocycles. The number of nitrogens with one attached hydrogen (secondary N) is 2. The maximum atomic E-state index is 5.67. The third-order valence-electron chi connectivity index (χ3n) is 2.47. The molecule has 0 bridgehead atoms. The van der Waals surface area contributed by atoms with E-state index < -0.39 is 0 Å². The fourth-order valence-corrected chi connectivity index (χ4v) is 2.00. The van der Waals surface area contributed by atoms with E-state index in [1.807, 2.05) is 6.92 Å². The van der Waals surface area contributed by atoms with Gasteiger partial charge in [0.1, 0.15) is 0 Å². The molecule has 1 aliphatic rings. The number of hydrogen-bond donors (Lipinski definition) is 2. The van der Waals surface area contributed by atoms with Gasteiger partial charge >= 0.3 is 0 Å². The van der Waals surface area contributed by atoms with Crippen LogP contribution in [0.2, 0.25) is 0 Å². The van der Waals surface area contributed by atoms with Gasteiger partial charge in [-0.25, -0.2) is 0 Å². The molecule has 2 atom stereocenters. The molecule has 1 fully saturated rings. The van der Waals surface area contributed by atoms with Crippen LogP contribution in [0.5, 0.6) is 0 Å². The van der Waals surface area contributed by atoms with E-state index in [0.717, 1.165) is 24.7 Å². The van der Waals surface area contributed by atoms with Crippen LogP contribution in [0.15, 0.2) is 0 Å². The lowest BCUT2D eigenvalue weighted by Gasteiger charge is -2.29. The molecule has 1 heterocycles. The molecule has 2 unspecified atom stereocenters. The van der Waals surface area contributed by atoms with Crippen molar-refractivity contribution in [3.63, 3.8) is 0 Å². The second kappa shape index (κ2) is 6.19. The van der Waals surface area contributed by atoms with Gasteiger partial charge in [-0.05, 0) is 45.3 Å². The van der Waals surface area contributed by atoms with Gasteiger partial charge in [-0.3, -0.25) is 0 Å². The minimum Gasteiger partial charge on any atom is -0.376 e. The van der Waals surface area contributed by atoms with Crippen molar-refractivity contribution in [1.82, 2.24) is 10.6 Å². The Labute approximate surface area is 91.6 Å². The zero-order valence-electron chi connectivity index (χ0n) is 9.01. The smallest absolute Gasteiger partial charge is 0.166 e. The molecule has 0 spiro atoms. The standard InChI is InChI=1S/C10H20N2OS/c1-3-11-10(14)12-8(2)9-6-4-5-7-13-9/h8-9H,3-7H2,1-2H3,(H2,11,12,14). The first-order chi connectivity index (χ1) is 6.74. The summed E-state index contributed by atoms with van der Waals surface area (Å²) in [5.74, 6) is 0. The van der Waals surface area contributed by atoms with Crippen LogP contribution in [0.25, 0.3) is 0 Å². The van der Waals surface area contributed by atoms with Crippen molar-refractivity contribution in [2.24, 2.45) is 0 Å². The van der Waals surface area contributed by atoms with Crippen LogP contribution >= 0.6 is 12.2 Å². The molecule has 1 saturated heterocycles. The molecular formula is C10H20N2OS. The summed E-state index contributed by atoms with van der Waals surface area (Å²) in [5, 5.41) is 7.06. The third kappa shape index (κ3) is 3.80. The first-order valence-electron chi connectivity index (χ1n) is 5.40. The van der Waals surface area contributed by atoms with Gasteiger partial charge in [0.2, 0.25) is 0 Å². The zero-order valence-corrected chi connectivity index (χ0v) is 9.82. The van der Waals surface area contributed by atoms with Crippen LogP contribution in [0, 0.1) is 0 Å². The molecule has 14 heavy (non-hydrogen) atoms. The Bertz CT molecular complexity index is 181. The van der Waals surface area contributed by atoms with Crippen molar-refractivity contribution in [1.29, 1.82) is 0 Å². The fourth-order valence-electron chi connectivity index (χ4n) is 1.67. The molecular weight excluding hydrogens is 196 g/mol. The molecule has 0 aromatic rings. The topological polar surface area (TPSA) is 33.3 Å². The van der Waals surface area contributed by atoms with Gasteiger partial charge in [-0.1, -0.05) is 0 Å². The molecule has 0 amide bonds. The summed E-state index contributed by atoms with van der Waals surface area (Å²) in [5.41, 5.74) is 0. The molecule has 1 rings (SSSR count). The van der Waals surface area contributed by atoms with E-state index in [2.05, 4.69) is 17.6 Å². The fraction of sp³-hybridized carbons (Fsp3) is 0.900. The largest absolute Gasteiger partial charge is 0.376 e. The summed E-state index contributed by atoms with van der Waals surface area (Å²) in [6.45, 7) is 5.92. The van der Waals surface area contributed by atoms with Crippen LogP contribution in [-0.2, 0) is 4.74 Å². The predicted octanol–water partition coefficient (Wildman–Crippen LogP) is 1.43. The van der Waals surface area contributed by atoms with Crippen LogP contribution in [-0.4, -0.2) is 30.4 Å². The minimum atomic E-state index is 0.307. The molecule has 0 radical (unpaired) electrons. The van der Waals surface area contributed by atoms with Crippen molar-refractivity contribution in [2.45, 2.75) is 45.3 Å². The highest BCUT2D eigenvalue weighted by Gasteiger charge is 2.20. The average Bonchev–Trinajstić information content (AvgIpc) is 2.19. The van der Waals surface area contributed by atoms with E-state index in [1.54, 1.807) is 0 Å². The maximum absolute atomic E-state index is 5.67. The van der Waals surface area contributed by atoms with Crippen LogP contribution in [0.3, 0.4) is 0 Å². The molecule has 1 aliphatic heterocycles. The summed E-state index contributed by atoms with van der Waals surface area (Å²) < 4.78 is 5.67. The molecule has 0 aromatic carbocycles. The Morgan fingerprint density at radius 1 is 1.57 bits per heavy atom. The van der Waals surface area contributed by atoms with E-state index in [-0.39, 0.29) is 0 Å². The average molecular weight is 216 g/mol. The number of hydrogen-bond acceptors (Lipinski definition) is 2. The number of thiocarbonyl (C=S) groups is 1. The monoisotopic (exact) mass is 216 g/mol. The summed E-state index contributed by atoms with van der Waals surface area (Å²) in [4.78, 5) is 0. The van der Waals surface area contributed by atoms with Gasteiger partial charge in [0, 0.05) is 13.2 Å². The molecule has 0 aromatic heterocycles. The normalized spacial score (nSPS) is 24.0. The summed E-state index contributed by atoms with van der Waals surface area (Å²) >= 11 is 5.12. The second-order valence-corrected chi connectivity index (χ2v) is 4.11. The summed E-state index contributed by atoms with van der Waals surface area (Å²) in [6.07, 6.45) is 3.93. The SMILES string of the molecule is CCNC(=S)NC(C)C1CCCCO1. The second-order valence-electron chi connectivity index (χ2n) is 3.70. The van der Waals surface area contributed by atoms with Crippen molar-refractivity contribution in [3.05, 3.63) is 0 Å². The molecule has 2 N–H and O–H groups in total. The third-order valence-corrected chi connectivity index (χ3v) is 2.73. The lowest BCUT2D eigenvalue weighted by molar-refractivity contribution is 0.0000890. The highest BCUT2D eigenvalue weighted by Crippen LogP contribution is 2.15. The van der Waals surface area contributed by atoms with E-state index in [4.69, 9.17) is 17.0 Å². The lowest BCUT2D eigenvalue weighted by atomic mass is 10.0. The predicted molar refractivity (Wildman–Crippen MR) is 62.5 cm³/mol. The van der Waals surface area contributed by atoms with Crippen LogP contribution in [0.4, 0.5) is 0 Å². The van der Waals surface area contributed by atoms with Crippen LogP contribution in [0.1, 0.15) is 33.1 Å². The highest BCUT2D eigenvalue weighted by atomic mass is 32.1. The zero-order chi connectivity index (χ0) is 10.4. The lowest BCUT2D eigenvalue weighted by Crippen LogP contribution is -2.47. The Kier molecular flexibility index (Phi) is 5.19. The van der Waals surface area contributed by atoms with Crippen molar-refractivity contribution < 1.29 is 4.74 Å². The summed E-state index contributed by atoms with van der Waals surface area (Å²) in [7, 11) is 0. The van der Waals surface area contributed by atoms with Crippen molar-refractivity contribution in [3.8, 4) is 0 Å². The van der Waals surface area contributed by atoms with Gasteiger partial charge in [-0.15, -0.1) is 0 Å².